The van der Waals surface area contributed by atoms with Gasteiger partial charge in [0.15, 0.2) is 0 Å². The maximum atomic E-state index is 3.43. The van der Waals surface area contributed by atoms with E-state index >= 15 is 0 Å². The van der Waals surface area contributed by atoms with Crippen molar-refractivity contribution in [3.63, 3.8) is 0 Å². The van der Waals surface area contributed by atoms with Crippen LogP contribution in [0.25, 0.3) is 0 Å². The molecule has 0 aromatic rings. The van der Waals surface area contributed by atoms with Crippen LogP contribution in [0.5, 0.6) is 0 Å². The number of hydrogen-bond donors (Lipinski definition) is 1. The molecule has 1 heterocycles. The summed E-state index contributed by atoms with van der Waals surface area (Å²) in [4.78, 5) is 2.64. The molecule has 2 heteroatoms. The molecule has 1 aliphatic rings. The van der Waals surface area contributed by atoms with Crippen LogP contribution in [0.4, 0.5) is 0 Å². The molecule has 0 radical (unpaired) electrons. The molecule has 0 bridgehead atoms. The molecule has 18 heavy (non-hydrogen) atoms. The van der Waals surface area contributed by atoms with Gasteiger partial charge in [-0.15, -0.1) is 0 Å². The van der Waals surface area contributed by atoms with Gasteiger partial charge in [-0.1, -0.05) is 52.9 Å². The largest absolute Gasteiger partial charge is 0.314 e. The fourth-order valence-electron chi connectivity index (χ4n) is 2.82. The van der Waals surface area contributed by atoms with Gasteiger partial charge in [0.25, 0.3) is 0 Å². The number of rotatable bonds is 9. The van der Waals surface area contributed by atoms with Crippen molar-refractivity contribution >= 4 is 0 Å². The average Bonchev–Trinajstić information content (AvgIpc) is 2.43. The van der Waals surface area contributed by atoms with Crippen LogP contribution in [0.3, 0.4) is 0 Å². The molecule has 0 spiro atoms. The fourth-order valence-corrected chi connectivity index (χ4v) is 2.82. The van der Waals surface area contributed by atoms with E-state index in [9.17, 15) is 0 Å². The van der Waals surface area contributed by atoms with Gasteiger partial charge in [0, 0.05) is 26.2 Å². The second-order valence-corrected chi connectivity index (χ2v) is 6.32. The molecule has 1 unspecified atom stereocenters. The minimum atomic E-state index is 0.582. The maximum Gasteiger partial charge on any atom is 0.0107 e. The van der Waals surface area contributed by atoms with E-state index in [1.165, 1.54) is 77.7 Å². The first-order valence-electron chi connectivity index (χ1n) is 8.13. The van der Waals surface area contributed by atoms with E-state index in [1.807, 2.05) is 0 Å². The van der Waals surface area contributed by atoms with Crippen LogP contribution in [0.2, 0.25) is 0 Å². The van der Waals surface area contributed by atoms with Gasteiger partial charge in [0.1, 0.15) is 0 Å². The van der Waals surface area contributed by atoms with Crippen molar-refractivity contribution < 1.29 is 0 Å². The molecule has 0 saturated carbocycles. The highest BCUT2D eigenvalue weighted by molar-refractivity contribution is 4.76. The third kappa shape index (κ3) is 6.19. The lowest BCUT2D eigenvalue weighted by molar-refractivity contribution is 0.173. The summed E-state index contributed by atoms with van der Waals surface area (Å²) in [6.45, 7) is 13.3. The van der Waals surface area contributed by atoms with E-state index in [1.54, 1.807) is 0 Å². The van der Waals surface area contributed by atoms with Gasteiger partial charge in [-0.3, -0.25) is 0 Å². The number of unbranched alkanes of at least 4 members (excludes halogenated alkanes) is 3. The highest BCUT2D eigenvalue weighted by atomic mass is 15.2. The molecule has 0 aliphatic carbocycles. The molecule has 0 aromatic heterocycles. The molecule has 1 N–H and O–H groups in total. The van der Waals surface area contributed by atoms with E-state index in [0.717, 1.165) is 0 Å². The first-order chi connectivity index (χ1) is 8.70. The Morgan fingerprint density at radius 3 is 2.33 bits per heavy atom. The molecule has 1 atom stereocenters. The third-order valence-electron chi connectivity index (χ3n) is 4.73. The number of nitrogens with zero attached hydrogens (tertiary/aromatic N) is 1. The molecule has 1 saturated heterocycles. The van der Waals surface area contributed by atoms with Gasteiger partial charge in [0.05, 0.1) is 0 Å². The maximum absolute atomic E-state index is 3.43. The summed E-state index contributed by atoms with van der Waals surface area (Å²) in [7, 11) is 0. The summed E-state index contributed by atoms with van der Waals surface area (Å²) in [5.41, 5.74) is 0.582. The summed E-state index contributed by atoms with van der Waals surface area (Å²) < 4.78 is 0. The standard InChI is InChI=1S/C16H34N2/c1-4-6-7-8-9-16(3,5-2)10-13-18-14-11-17-12-15-18/h17H,4-15H2,1-3H3. The van der Waals surface area contributed by atoms with Gasteiger partial charge in [-0.2, -0.15) is 0 Å². The van der Waals surface area contributed by atoms with Crippen LogP contribution in [-0.2, 0) is 0 Å². The Balaban J connectivity index is 2.20. The molecule has 0 amide bonds. The average molecular weight is 254 g/mol. The molecular weight excluding hydrogens is 220 g/mol. The molecule has 108 valence electrons. The van der Waals surface area contributed by atoms with E-state index in [0.29, 0.717) is 5.41 Å². The minimum Gasteiger partial charge on any atom is -0.314 e. The van der Waals surface area contributed by atoms with Gasteiger partial charge in [0.2, 0.25) is 0 Å². The normalized spacial score (nSPS) is 20.8. The van der Waals surface area contributed by atoms with Crippen molar-refractivity contribution in [2.75, 3.05) is 32.7 Å². The predicted octanol–water partition coefficient (Wildman–Crippen LogP) is 3.67. The predicted molar refractivity (Wildman–Crippen MR) is 81.1 cm³/mol. The van der Waals surface area contributed by atoms with Crippen LogP contribution in [0.15, 0.2) is 0 Å². The Kier molecular flexibility index (Phi) is 7.92. The van der Waals surface area contributed by atoms with Crippen molar-refractivity contribution in [2.45, 2.75) is 65.7 Å². The Morgan fingerprint density at radius 1 is 1.00 bits per heavy atom. The van der Waals surface area contributed by atoms with E-state index < -0.39 is 0 Å². The van der Waals surface area contributed by atoms with E-state index in [2.05, 4.69) is 31.0 Å². The Hall–Kier alpha value is -0.0800. The summed E-state index contributed by atoms with van der Waals surface area (Å²) in [6, 6.07) is 0. The monoisotopic (exact) mass is 254 g/mol. The van der Waals surface area contributed by atoms with Crippen molar-refractivity contribution in [1.82, 2.24) is 10.2 Å². The smallest absolute Gasteiger partial charge is 0.0107 e. The highest BCUT2D eigenvalue weighted by Gasteiger charge is 2.22. The minimum absolute atomic E-state index is 0.582. The number of piperazine rings is 1. The molecule has 1 aliphatic heterocycles. The van der Waals surface area contributed by atoms with Gasteiger partial charge in [-0.25, -0.2) is 0 Å². The zero-order chi connectivity index (χ0) is 13.3. The lowest BCUT2D eigenvalue weighted by Crippen LogP contribution is -2.44. The summed E-state index contributed by atoms with van der Waals surface area (Å²) in [6.07, 6.45) is 9.77. The summed E-state index contributed by atoms with van der Waals surface area (Å²) >= 11 is 0. The summed E-state index contributed by atoms with van der Waals surface area (Å²) in [5.74, 6) is 0. The zero-order valence-electron chi connectivity index (χ0n) is 12.9. The van der Waals surface area contributed by atoms with Crippen LogP contribution in [0.1, 0.15) is 65.7 Å². The van der Waals surface area contributed by atoms with Gasteiger partial charge >= 0.3 is 0 Å². The van der Waals surface area contributed by atoms with Crippen molar-refractivity contribution in [3.05, 3.63) is 0 Å². The van der Waals surface area contributed by atoms with Crippen molar-refractivity contribution in [1.29, 1.82) is 0 Å². The quantitative estimate of drug-likeness (QED) is 0.632. The van der Waals surface area contributed by atoms with Crippen LogP contribution in [0, 0.1) is 5.41 Å². The molecule has 2 nitrogen and oxygen atoms in total. The SMILES string of the molecule is CCCCCCC(C)(CC)CCN1CCNCC1. The number of nitrogens with one attached hydrogen (secondary N) is 1. The fraction of sp³-hybridized carbons (Fsp3) is 1.00. The number of hydrogen-bond acceptors (Lipinski definition) is 2. The molecule has 1 rings (SSSR count). The summed E-state index contributed by atoms with van der Waals surface area (Å²) in [5, 5.41) is 3.43. The second kappa shape index (κ2) is 8.92. The molecule has 0 aromatic carbocycles. The Morgan fingerprint density at radius 2 is 1.72 bits per heavy atom. The topological polar surface area (TPSA) is 15.3 Å². The van der Waals surface area contributed by atoms with Crippen molar-refractivity contribution in [2.24, 2.45) is 5.41 Å². The van der Waals surface area contributed by atoms with Crippen LogP contribution in [-0.4, -0.2) is 37.6 Å². The van der Waals surface area contributed by atoms with Crippen LogP contribution >= 0.6 is 0 Å². The third-order valence-corrected chi connectivity index (χ3v) is 4.73. The van der Waals surface area contributed by atoms with Gasteiger partial charge < -0.3 is 10.2 Å². The second-order valence-electron chi connectivity index (χ2n) is 6.32. The Bertz CT molecular complexity index is 199. The van der Waals surface area contributed by atoms with E-state index in [-0.39, 0.29) is 0 Å². The molecular formula is C16H34N2. The van der Waals surface area contributed by atoms with Crippen LogP contribution < -0.4 is 5.32 Å². The first kappa shape index (κ1) is 16.0. The molecule has 1 fully saturated rings. The van der Waals surface area contributed by atoms with Crippen molar-refractivity contribution in [3.8, 4) is 0 Å². The highest BCUT2D eigenvalue weighted by Crippen LogP contribution is 2.32. The lowest BCUT2D eigenvalue weighted by atomic mass is 9.79. The zero-order valence-corrected chi connectivity index (χ0v) is 12.9. The Labute approximate surface area is 115 Å². The van der Waals surface area contributed by atoms with E-state index in [4.69, 9.17) is 0 Å². The van der Waals surface area contributed by atoms with Gasteiger partial charge in [-0.05, 0) is 24.8 Å². The first-order valence-corrected chi connectivity index (χ1v) is 8.13. The lowest BCUT2D eigenvalue weighted by Gasteiger charge is -2.33.